The molecular formula is C18H19ClFN5O2S. The Hall–Kier alpha value is -2.36. The molecule has 28 heavy (non-hydrogen) atoms. The molecule has 1 aromatic carbocycles. The van der Waals surface area contributed by atoms with E-state index in [0.29, 0.717) is 29.0 Å². The third kappa shape index (κ3) is 4.21. The number of aromatic nitrogens is 3. The van der Waals surface area contributed by atoms with E-state index < -0.39 is 17.3 Å². The average Bonchev–Trinajstić information content (AvgIpc) is 3.38. The fraction of sp³-hybridized carbons (Fsp3) is 0.333. The number of hydrogen-bond donors (Lipinski definition) is 2. The molecule has 1 fully saturated rings. The van der Waals surface area contributed by atoms with Gasteiger partial charge >= 0.3 is 0 Å². The van der Waals surface area contributed by atoms with E-state index in [1.807, 2.05) is 0 Å². The van der Waals surface area contributed by atoms with Crippen molar-refractivity contribution < 1.29 is 13.7 Å². The van der Waals surface area contributed by atoms with E-state index in [1.54, 1.807) is 11.4 Å². The van der Waals surface area contributed by atoms with Gasteiger partial charge in [0.15, 0.2) is 11.0 Å². The number of nitrogens with one attached hydrogen (secondary N) is 1. The van der Waals surface area contributed by atoms with Crippen LogP contribution in [0.5, 0.6) is 0 Å². The Morgan fingerprint density at radius 3 is 2.79 bits per heavy atom. The summed E-state index contributed by atoms with van der Waals surface area (Å²) in [6.45, 7) is 0. The molecule has 148 valence electrons. The van der Waals surface area contributed by atoms with Crippen molar-refractivity contribution in [3.05, 3.63) is 58.4 Å². The summed E-state index contributed by atoms with van der Waals surface area (Å²) in [5, 5.41) is 8.79. The Labute approximate surface area is 171 Å². The number of carbonyl (C=O) groups excluding carboxylic acids is 1. The molecule has 0 bridgehead atoms. The molecule has 0 saturated heterocycles. The fourth-order valence-electron chi connectivity index (χ4n) is 3.17. The predicted molar refractivity (Wildman–Crippen MR) is 105 cm³/mol. The second-order valence-corrected chi connectivity index (χ2v) is 7.49. The van der Waals surface area contributed by atoms with Gasteiger partial charge in [-0.05, 0) is 25.0 Å². The van der Waals surface area contributed by atoms with Gasteiger partial charge < -0.3 is 10.3 Å². The van der Waals surface area contributed by atoms with Crippen LogP contribution in [0.4, 0.5) is 9.52 Å². The minimum Gasteiger partial charge on any atom is -0.339 e. The highest BCUT2D eigenvalue weighted by molar-refractivity contribution is 7.14. The molecule has 0 aliphatic heterocycles. The minimum atomic E-state index is -0.576. The average molecular weight is 424 g/mol. The van der Waals surface area contributed by atoms with Gasteiger partial charge in [0.1, 0.15) is 5.82 Å². The Balaban J connectivity index is 0.00000225. The molecule has 4 rings (SSSR count). The van der Waals surface area contributed by atoms with Crippen molar-refractivity contribution in [1.82, 2.24) is 15.1 Å². The Morgan fingerprint density at radius 1 is 1.29 bits per heavy atom. The van der Waals surface area contributed by atoms with E-state index in [4.69, 9.17) is 10.3 Å². The number of benzene rings is 1. The van der Waals surface area contributed by atoms with Gasteiger partial charge in [-0.15, -0.1) is 23.7 Å². The first-order valence-corrected chi connectivity index (χ1v) is 9.54. The van der Waals surface area contributed by atoms with Crippen LogP contribution in [-0.4, -0.2) is 21.0 Å². The minimum absolute atomic E-state index is 0. The summed E-state index contributed by atoms with van der Waals surface area (Å²) in [5.41, 5.74) is 6.49. The van der Waals surface area contributed by atoms with Gasteiger partial charge in [-0.2, -0.15) is 4.98 Å². The molecule has 1 aliphatic rings. The van der Waals surface area contributed by atoms with Gasteiger partial charge in [-0.3, -0.25) is 10.1 Å². The molecule has 3 aromatic rings. The second kappa shape index (κ2) is 8.34. The van der Waals surface area contributed by atoms with E-state index in [0.717, 1.165) is 25.7 Å². The van der Waals surface area contributed by atoms with Gasteiger partial charge in [-0.1, -0.05) is 30.1 Å². The van der Waals surface area contributed by atoms with Gasteiger partial charge in [0.25, 0.3) is 5.91 Å². The summed E-state index contributed by atoms with van der Waals surface area (Å²) >= 11 is 1.25. The van der Waals surface area contributed by atoms with Crippen LogP contribution in [0, 0.1) is 5.82 Å². The number of hydrogen-bond acceptors (Lipinski definition) is 7. The number of rotatable bonds is 5. The normalized spacial score (nSPS) is 15.2. The lowest BCUT2D eigenvalue weighted by Gasteiger charge is -2.17. The number of nitrogens with zero attached hydrogens (tertiary/aromatic N) is 3. The predicted octanol–water partition coefficient (Wildman–Crippen LogP) is 3.66. The lowest BCUT2D eigenvalue weighted by atomic mass is 9.99. The highest BCUT2D eigenvalue weighted by Crippen LogP contribution is 2.34. The monoisotopic (exact) mass is 423 g/mol. The summed E-state index contributed by atoms with van der Waals surface area (Å²) in [7, 11) is 0. The van der Waals surface area contributed by atoms with Crippen molar-refractivity contribution >= 4 is 34.8 Å². The molecule has 1 saturated carbocycles. The molecule has 2 heterocycles. The number of anilines is 1. The zero-order chi connectivity index (χ0) is 18.9. The standard InChI is InChI=1S/C18H18FN5O2S.ClH/c19-13-6-2-1-5-12(13)15(25)23-17-21-11(10-27-17)9-14-22-16(24-26-14)18(20)7-3-4-8-18;/h1-2,5-6,10H,3-4,7-9,20H2,(H,21,23,25);1H. The van der Waals surface area contributed by atoms with Gasteiger partial charge in [0.05, 0.1) is 23.2 Å². The van der Waals surface area contributed by atoms with E-state index in [1.165, 1.54) is 29.5 Å². The first-order valence-electron chi connectivity index (χ1n) is 8.66. The first kappa shape index (κ1) is 20.4. The molecule has 7 nitrogen and oxygen atoms in total. The van der Waals surface area contributed by atoms with Crippen LogP contribution in [0.3, 0.4) is 0 Å². The van der Waals surface area contributed by atoms with Crippen LogP contribution in [0.1, 0.15) is 53.5 Å². The maximum Gasteiger partial charge on any atom is 0.260 e. The van der Waals surface area contributed by atoms with E-state index in [-0.39, 0.29) is 18.0 Å². The molecule has 1 aliphatic carbocycles. The Morgan fingerprint density at radius 2 is 2.04 bits per heavy atom. The van der Waals surface area contributed by atoms with Crippen molar-refractivity contribution in [3.8, 4) is 0 Å². The molecule has 0 radical (unpaired) electrons. The summed E-state index contributed by atoms with van der Waals surface area (Å²) < 4.78 is 19.0. The quantitative estimate of drug-likeness (QED) is 0.648. The first-order chi connectivity index (χ1) is 13.0. The van der Waals surface area contributed by atoms with E-state index in [9.17, 15) is 9.18 Å². The molecule has 10 heteroatoms. The molecule has 3 N–H and O–H groups in total. The van der Waals surface area contributed by atoms with Crippen LogP contribution in [-0.2, 0) is 12.0 Å². The zero-order valence-electron chi connectivity index (χ0n) is 14.9. The molecule has 0 spiro atoms. The van der Waals surface area contributed by atoms with Gasteiger partial charge in [0.2, 0.25) is 5.89 Å². The highest BCUT2D eigenvalue weighted by atomic mass is 35.5. The molecular weight excluding hydrogens is 405 g/mol. The SMILES string of the molecule is Cl.NC1(c2noc(Cc3csc(NC(=O)c4ccccc4F)n3)n2)CCCC1. The summed E-state index contributed by atoms with van der Waals surface area (Å²) in [4.78, 5) is 20.9. The molecule has 0 atom stereocenters. The number of halogens is 2. The third-order valence-electron chi connectivity index (χ3n) is 4.63. The van der Waals surface area contributed by atoms with Crippen molar-refractivity contribution in [2.45, 2.75) is 37.6 Å². The fourth-order valence-corrected chi connectivity index (χ4v) is 3.87. The van der Waals surface area contributed by atoms with Crippen molar-refractivity contribution in [2.24, 2.45) is 5.73 Å². The van der Waals surface area contributed by atoms with Crippen LogP contribution in [0.15, 0.2) is 34.2 Å². The van der Waals surface area contributed by atoms with E-state index in [2.05, 4.69) is 20.4 Å². The van der Waals surface area contributed by atoms with Crippen molar-refractivity contribution in [3.63, 3.8) is 0 Å². The third-order valence-corrected chi connectivity index (χ3v) is 5.44. The Kier molecular flexibility index (Phi) is 6.07. The van der Waals surface area contributed by atoms with Crippen LogP contribution in [0.2, 0.25) is 0 Å². The van der Waals surface area contributed by atoms with Crippen LogP contribution >= 0.6 is 23.7 Å². The van der Waals surface area contributed by atoms with Gasteiger partial charge in [0, 0.05) is 5.38 Å². The zero-order valence-corrected chi connectivity index (χ0v) is 16.5. The second-order valence-electron chi connectivity index (χ2n) is 6.63. The molecule has 1 amide bonds. The van der Waals surface area contributed by atoms with Crippen molar-refractivity contribution in [1.29, 1.82) is 0 Å². The maximum absolute atomic E-state index is 13.7. The summed E-state index contributed by atoms with van der Waals surface area (Å²) in [6, 6.07) is 5.80. The van der Waals surface area contributed by atoms with Crippen LogP contribution in [0.25, 0.3) is 0 Å². The lowest BCUT2D eigenvalue weighted by molar-refractivity contribution is 0.102. The number of amides is 1. The largest absolute Gasteiger partial charge is 0.339 e. The smallest absolute Gasteiger partial charge is 0.260 e. The molecule has 2 aromatic heterocycles. The molecule has 0 unspecified atom stereocenters. The Bertz CT molecular complexity index is 970. The maximum atomic E-state index is 13.7. The van der Waals surface area contributed by atoms with E-state index >= 15 is 0 Å². The van der Waals surface area contributed by atoms with Crippen molar-refractivity contribution in [2.75, 3.05) is 5.32 Å². The number of carbonyl (C=O) groups is 1. The lowest BCUT2D eigenvalue weighted by Crippen LogP contribution is -2.34. The number of nitrogens with two attached hydrogens (primary N) is 1. The number of thiazole rings is 1. The van der Waals surface area contributed by atoms with Crippen LogP contribution < -0.4 is 11.1 Å². The summed E-state index contributed by atoms with van der Waals surface area (Å²) in [6.07, 6.45) is 4.19. The summed E-state index contributed by atoms with van der Waals surface area (Å²) in [5.74, 6) is -0.148. The topological polar surface area (TPSA) is 107 Å². The van der Waals surface area contributed by atoms with Gasteiger partial charge in [-0.25, -0.2) is 9.37 Å². The highest BCUT2D eigenvalue weighted by Gasteiger charge is 2.36.